The van der Waals surface area contributed by atoms with Crippen molar-refractivity contribution in [3.05, 3.63) is 39.8 Å². The summed E-state index contributed by atoms with van der Waals surface area (Å²) in [6.07, 6.45) is 2.01. The molecule has 0 aromatic heterocycles. The second kappa shape index (κ2) is 7.56. The molecule has 0 saturated heterocycles. The van der Waals surface area contributed by atoms with Gasteiger partial charge in [0.1, 0.15) is 5.75 Å². The average Bonchev–Trinajstić information content (AvgIpc) is 2.36. The molecular weight excluding hydrogens is 319 g/mol. The first-order valence-corrected chi connectivity index (χ1v) is 6.54. The lowest BCUT2D eigenvalue weighted by Crippen LogP contribution is -2.03. The van der Waals surface area contributed by atoms with Crippen molar-refractivity contribution >= 4 is 33.3 Å². The molecule has 0 amide bonds. The molecule has 5 heteroatoms. The first-order valence-electron chi connectivity index (χ1n) is 5.37. The Balaban J connectivity index is 2.84. The Labute approximate surface area is 120 Å². The number of hydrogen-bond donors (Lipinski definition) is 0. The summed E-state index contributed by atoms with van der Waals surface area (Å²) >= 11 is 9.33. The van der Waals surface area contributed by atoms with Crippen molar-refractivity contribution < 1.29 is 14.3 Å². The monoisotopic (exact) mass is 332 g/mol. The second-order valence-electron chi connectivity index (χ2n) is 3.53. The topological polar surface area (TPSA) is 35.5 Å². The van der Waals surface area contributed by atoms with Gasteiger partial charge in [0.25, 0.3) is 0 Å². The predicted molar refractivity (Wildman–Crippen MR) is 75.7 cm³/mol. The summed E-state index contributed by atoms with van der Waals surface area (Å²) in [5.41, 5.74) is 0.483. The Morgan fingerprint density at radius 1 is 1.50 bits per heavy atom. The van der Waals surface area contributed by atoms with Crippen molar-refractivity contribution in [3.63, 3.8) is 0 Å². The number of hydrogen-bond acceptors (Lipinski definition) is 3. The van der Waals surface area contributed by atoms with Crippen LogP contribution in [-0.2, 0) is 4.74 Å². The van der Waals surface area contributed by atoms with Crippen LogP contribution in [-0.4, -0.2) is 26.1 Å². The van der Waals surface area contributed by atoms with Gasteiger partial charge < -0.3 is 9.47 Å². The van der Waals surface area contributed by atoms with Gasteiger partial charge in [-0.25, -0.2) is 0 Å². The maximum absolute atomic E-state index is 11.6. The summed E-state index contributed by atoms with van der Waals surface area (Å²) in [6, 6.07) is 3.26. The quantitative estimate of drug-likeness (QED) is 0.431. The van der Waals surface area contributed by atoms with Crippen LogP contribution >= 0.6 is 27.5 Å². The van der Waals surface area contributed by atoms with Crippen molar-refractivity contribution in [2.45, 2.75) is 6.42 Å². The lowest BCUT2D eigenvalue weighted by Gasteiger charge is -2.10. The first-order chi connectivity index (χ1) is 8.60. The van der Waals surface area contributed by atoms with E-state index in [1.807, 2.05) is 0 Å². The highest BCUT2D eigenvalue weighted by Crippen LogP contribution is 2.31. The summed E-state index contributed by atoms with van der Waals surface area (Å²) in [6.45, 7) is 4.56. The number of allylic oxidation sites excluding steroid dienone is 1. The maximum Gasteiger partial charge on any atom is 0.186 e. The first kappa shape index (κ1) is 15.2. The van der Waals surface area contributed by atoms with Crippen molar-refractivity contribution in [2.75, 3.05) is 20.3 Å². The van der Waals surface area contributed by atoms with Gasteiger partial charge in [-0.05, 0) is 34.1 Å². The van der Waals surface area contributed by atoms with Crippen molar-refractivity contribution in [1.82, 2.24) is 0 Å². The zero-order valence-corrected chi connectivity index (χ0v) is 12.4. The van der Waals surface area contributed by atoms with Crippen LogP contribution < -0.4 is 4.74 Å². The number of benzene rings is 1. The summed E-state index contributed by atoms with van der Waals surface area (Å²) < 4.78 is 11.1. The number of carbonyl (C=O) groups excluding carboxylic acids is 1. The highest BCUT2D eigenvalue weighted by atomic mass is 79.9. The minimum absolute atomic E-state index is 0.180. The Kier molecular flexibility index (Phi) is 6.39. The van der Waals surface area contributed by atoms with Crippen LogP contribution in [0.25, 0.3) is 0 Å². The molecule has 0 saturated carbocycles. The minimum Gasteiger partial charge on any atom is -0.492 e. The van der Waals surface area contributed by atoms with Gasteiger partial charge in [0.15, 0.2) is 5.78 Å². The zero-order valence-electron chi connectivity index (χ0n) is 10.0. The molecule has 0 fully saturated rings. The summed E-state index contributed by atoms with van der Waals surface area (Å²) in [5.74, 6) is 0.307. The SMILES string of the molecule is C=CC(=O)c1cc(OCCCOC)c(Cl)cc1Br. The van der Waals surface area contributed by atoms with E-state index in [0.29, 0.717) is 34.0 Å². The average molecular weight is 334 g/mol. The number of carbonyl (C=O) groups is 1. The normalized spacial score (nSPS) is 10.2. The molecule has 0 bridgehead atoms. The van der Waals surface area contributed by atoms with Crippen molar-refractivity contribution in [3.8, 4) is 5.75 Å². The Hall–Kier alpha value is -0.840. The van der Waals surface area contributed by atoms with Gasteiger partial charge in [0.2, 0.25) is 0 Å². The molecule has 0 aliphatic heterocycles. The second-order valence-corrected chi connectivity index (χ2v) is 4.79. The van der Waals surface area contributed by atoms with E-state index in [1.165, 1.54) is 6.08 Å². The molecule has 0 N–H and O–H groups in total. The van der Waals surface area contributed by atoms with E-state index >= 15 is 0 Å². The van der Waals surface area contributed by atoms with Gasteiger partial charge in [-0.3, -0.25) is 4.79 Å². The van der Waals surface area contributed by atoms with E-state index in [4.69, 9.17) is 21.1 Å². The number of ketones is 1. The highest BCUT2D eigenvalue weighted by molar-refractivity contribution is 9.10. The van der Waals surface area contributed by atoms with Gasteiger partial charge >= 0.3 is 0 Å². The number of halogens is 2. The molecule has 0 heterocycles. The Morgan fingerprint density at radius 3 is 2.83 bits per heavy atom. The van der Waals surface area contributed by atoms with Gasteiger partial charge in [-0.1, -0.05) is 18.2 Å². The molecule has 98 valence electrons. The van der Waals surface area contributed by atoms with E-state index in [0.717, 1.165) is 6.42 Å². The van der Waals surface area contributed by atoms with Gasteiger partial charge in [0, 0.05) is 30.2 Å². The van der Waals surface area contributed by atoms with Gasteiger partial charge in [-0.2, -0.15) is 0 Å². The molecule has 0 spiro atoms. The van der Waals surface area contributed by atoms with Gasteiger partial charge in [0.05, 0.1) is 11.6 Å². The van der Waals surface area contributed by atoms with Gasteiger partial charge in [-0.15, -0.1) is 0 Å². The van der Waals surface area contributed by atoms with E-state index in [-0.39, 0.29) is 5.78 Å². The molecule has 0 atom stereocenters. The van der Waals surface area contributed by atoms with Crippen LogP contribution in [0.4, 0.5) is 0 Å². The Morgan fingerprint density at radius 2 is 2.22 bits per heavy atom. The molecule has 0 aliphatic rings. The standard InChI is InChI=1S/C13H14BrClO3/c1-3-12(16)9-7-13(11(15)8-10(9)14)18-6-4-5-17-2/h3,7-8H,1,4-6H2,2H3. The van der Waals surface area contributed by atoms with Crippen LogP contribution in [0.1, 0.15) is 16.8 Å². The molecule has 0 radical (unpaired) electrons. The molecule has 1 aromatic carbocycles. The minimum atomic E-state index is -0.180. The molecule has 1 aromatic rings. The largest absolute Gasteiger partial charge is 0.492 e. The lowest BCUT2D eigenvalue weighted by atomic mass is 10.1. The molecule has 18 heavy (non-hydrogen) atoms. The summed E-state index contributed by atoms with van der Waals surface area (Å²) in [4.78, 5) is 11.6. The van der Waals surface area contributed by atoms with Crippen LogP contribution in [0.3, 0.4) is 0 Å². The van der Waals surface area contributed by atoms with E-state index < -0.39 is 0 Å². The van der Waals surface area contributed by atoms with E-state index in [2.05, 4.69) is 22.5 Å². The number of methoxy groups -OCH3 is 1. The smallest absolute Gasteiger partial charge is 0.186 e. The number of ether oxygens (including phenoxy) is 2. The molecule has 0 unspecified atom stereocenters. The Bertz CT molecular complexity index is 446. The highest BCUT2D eigenvalue weighted by Gasteiger charge is 2.12. The van der Waals surface area contributed by atoms with E-state index in [9.17, 15) is 4.79 Å². The zero-order chi connectivity index (χ0) is 13.5. The molecule has 1 rings (SSSR count). The maximum atomic E-state index is 11.6. The summed E-state index contributed by atoms with van der Waals surface area (Å²) in [5, 5.41) is 0.458. The molecule has 3 nitrogen and oxygen atoms in total. The third kappa shape index (κ3) is 4.12. The fourth-order valence-electron chi connectivity index (χ4n) is 1.32. The molecule has 0 aliphatic carbocycles. The van der Waals surface area contributed by atoms with Crippen LogP contribution in [0.15, 0.2) is 29.3 Å². The number of rotatable bonds is 7. The van der Waals surface area contributed by atoms with Crippen molar-refractivity contribution in [2.24, 2.45) is 0 Å². The fraction of sp³-hybridized carbons (Fsp3) is 0.308. The van der Waals surface area contributed by atoms with E-state index in [1.54, 1.807) is 19.2 Å². The van der Waals surface area contributed by atoms with Crippen LogP contribution in [0.5, 0.6) is 5.75 Å². The summed E-state index contributed by atoms with van der Waals surface area (Å²) in [7, 11) is 1.63. The van der Waals surface area contributed by atoms with Crippen LogP contribution in [0.2, 0.25) is 5.02 Å². The van der Waals surface area contributed by atoms with Crippen molar-refractivity contribution in [1.29, 1.82) is 0 Å². The third-order valence-corrected chi connectivity index (χ3v) is 3.17. The van der Waals surface area contributed by atoms with Crippen LogP contribution in [0, 0.1) is 0 Å². The molecular formula is C13H14BrClO3. The lowest BCUT2D eigenvalue weighted by molar-refractivity contribution is 0.104. The fourth-order valence-corrected chi connectivity index (χ4v) is 2.21. The predicted octanol–water partition coefficient (Wildman–Crippen LogP) is 3.89. The third-order valence-electron chi connectivity index (χ3n) is 2.22.